The molecule has 4 nitrogen and oxygen atoms in total. The van der Waals surface area contributed by atoms with Gasteiger partial charge in [-0.05, 0) is 48.8 Å². The van der Waals surface area contributed by atoms with Crippen molar-refractivity contribution in [3.05, 3.63) is 108 Å². The Kier molecular flexibility index (Phi) is 10.0. The van der Waals surface area contributed by atoms with Gasteiger partial charge in [0.2, 0.25) is 0 Å². The highest BCUT2D eigenvalue weighted by molar-refractivity contribution is 7.48. The summed E-state index contributed by atoms with van der Waals surface area (Å²) in [7, 11) is -3.60. The fourth-order valence-corrected chi connectivity index (χ4v) is 4.47. The van der Waals surface area contributed by atoms with Gasteiger partial charge in [0.25, 0.3) is 0 Å². The van der Waals surface area contributed by atoms with E-state index in [1.54, 1.807) is 0 Å². The normalized spacial score (nSPS) is 11.5. The number of rotatable bonds is 14. The SMILES string of the molecule is O=P(OCCCc1ccccc1)(OCCCc1ccccc1)OCCc1ccccc1. The summed E-state index contributed by atoms with van der Waals surface area (Å²) in [5.41, 5.74) is 3.59. The maximum absolute atomic E-state index is 13.2. The van der Waals surface area contributed by atoms with Crippen LogP contribution >= 0.6 is 7.82 Å². The van der Waals surface area contributed by atoms with Crippen LogP contribution in [-0.4, -0.2) is 19.8 Å². The zero-order valence-electron chi connectivity index (χ0n) is 17.9. The minimum Gasteiger partial charge on any atom is -0.287 e. The zero-order valence-corrected chi connectivity index (χ0v) is 18.8. The molecule has 0 fully saturated rings. The van der Waals surface area contributed by atoms with E-state index < -0.39 is 7.82 Å². The number of hydrogen-bond donors (Lipinski definition) is 0. The highest BCUT2D eigenvalue weighted by Crippen LogP contribution is 2.49. The van der Waals surface area contributed by atoms with Crippen molar-refractivity contribution in [3.8, 4) is 0 Å². The zero-order chi connectivity index (χ0) is 21.6. The lowest BCUT2D eigenvalue weighted by Gasteiger charge is -2.18. The van der Waals surface area contributed by atoms with Crippen LogP contribution in [0.4, 0.5) is 0 Å². The molecule has 31 heavy (non-hydrogen) atoms. The molecule has 0 unspecified atom stereocenters. The molecule has 0 atom stereocenters. The lowest BCUT2D eigenvalue weighted by atomic mass is 10.1. The maximum atomic E-state index is 13.2. The van der Waals surface area contributed by atoms with E-state index in [4.69, 9.17) is 13.6 Å². The monoisotopic (exact) mass is 438 g/mol. The van der Waals surface area contributed by atoms with Gasteiger partial charge in [0.1, 0.15) is 0 Å². The highest BCUT2D eigenvalue weighted by atomic mass is 31.2. The third-order valence-corrected chi connectivity index (χ3v) is 6.38. The quantitative estimate of drug-likeness (QED) is 0.209. The molecule has 3 rings (SSSR count). The van der Waals surface area contributed by atoms with E-state index in [-0.39, 0.29) is 0 Å². The van der Waals surface area contributed by atoms with Crippen LogP contribution in [0.2, 0.25) is 0 Å². The summed E-state index contributed by atoms with van der Waals surface area (Å²) in [5, 5.41) is 0. The molecule has 0 aliphatic carbocycles. The van der Waals surface area contributed by atoms with Crippen LogP contribution in [0.3, 0.4) is 0 Å². The first-order valence-corrected chi connectivity index (χ1v) is 12.3. The Balaban J connectivity index is 1.46. The summed E-state index contributed by atoms with van der Waals surface area (Å²) in [6.07, 6.45) is 3.89. The third kappa shape index (κ3) is 9.20. The molecule has 0 heterocycles. The number of aryl methyl sites for hydroxylation is 2. The molecule has 3 aromatic rings. The van der Waals surface area contributed by atoms with Crippen LogP contribution < -0.4 is 0 Å². The number of hydrogen-bond acceptors (Lipinski definition) is 4. The van der Waals surface area contributed by atoms with Gasteiger partial charge in [0.05, 0.1) is 19.8 Å². The van der Waals surface area contributed by atoms with Gasteiger partial charge in [0, 0.05) is 0 Å². The molecule has 0 radical (unpaired) electrons. The first-order valence-electron chi connectivity index (χ1n) is 10.9. The molecule has 0 aliphatic heterocycles. The second kappa shape index (κ2) is 13.2. The lowest BCUT2D eigenvalue weighted by molar-refractivity contribution is 0.112. The average molecular weight is 439 g/mol. The molecular formula is C26H31O4P. The molecule has 0 bridgehead atoms. The summed E-state index contributed by atoms with van der Waals surface area (Å²) < 4.78 is 30.1. The molecule has 0 spiro atoms. The van der Waals surface area contributed by atoms with Gasteiger partial charge in [-0.3, -0.25) is 13.6 Å². The minimum atomic E-state index is -3.60. The predicted octanol–water partition coefficient (Wildman–Crippen LogP) is 6.65. The summed E-state index contributed by atoms with van der Waals surface area (Å²) in [6, 6.07) is 30.4. The first kappa shape index (κ1) is 23.4. The maximum Gasteiger partial charge on any atom is 0.474 e. The van der Waals surface area contributed by atoms with Gasteiger partial charge in [-0.1, -0.05) is 91.0 Å². The smallest absolute Gasteiger partial charge is 0.287 e. The van der Waals surface area contributed by atoms with Crippen LogP contribution in [-0.2, 0) is 37.4 Å². The Morgan fingerprint density at radius 2 is 0.839 bits per heavy atom. The summed E-state index contributed by atoms with van der Waals surface area (Å²) in [5.74, 6) is 0. The van der Waals surface area contributed by atoms with E-state index in [2.05, 4.69) is 24.3 Å². The third-order valence-electron chi connectivity index (χ3n) is 4.89. The van der Waals surface area contributed by atoms with Gasteiger partial charge in [0.15, 0.2) is 0 Å². The van der Waals surface area contributed by atoms with Gasteiger partial charge in [-0.25, -0.2) is 4.57 Å². The van der Waals surface area contributed by atoms with Crippen molar-refractivity contribution >= 4 is 7.82 Å². The minimum absolute atomic E-state index is 0.290. The van der Waals surface area contributed by atoms with E-state index in [1.807, 2.05) is 66.7 Å². The van der Waals surface area contributed by atoms with Crippen LogP contribution in [0.5, 0.6) is 0 Å². The Hall–Kier alpha value is -2.23. The molecule has 0 amide bonds. The number of phosphoric acid groups is 1. The topological polar surface area (TPSA) is 44.8 Å². The van der Waals surface area contributed by atoms with Crippen LogP contribution in [0.25, 0.3) is 0 Å². The molecule has 164 valence electrons. The molecule has 0 saturated heterocycles. The Morgan fingerprint density at radius 1 is 0.484 bits per heavy atom. The number of phosphoric ester groups is 1. The molecule has 0 saturated carbocycles. The first-order chi connectivity index (χ1) is 15.2. The van der Waals surface area contributed by atoms with Crippen molar-refractivity contribution in [1.29, 1.82) is 0 Å². The van der Waals surface area contributed by atoms with Crippen molar-refractivity contribution in [2.24, 2.45) is 0 Å². The summed E-state index contributed by atoms with van der Waals surface area (Å²) in [4.78, 5) is 0. The Morgan fingerprint density at radius 3 is 1.26 bits per heavy atom. The van der Waals surface area contributed by atoms with Crippen LogP contribution in [0, 0.1) is 0 Å². The lowest BCUT2D eigenvalue weighted by Crippen LogP contribution is -2.06. The van der Waals surface area contributed by atoms with Crippen molar-refractivity contribution in [2.45, 2.75) is 32.1 Å². The Bertz CT molecular complexity index is 849. The van der Waals surface area contributed by atoms with E-state index in [1.165, 1.54) is 11.1 Å². The molecular weight excluding hydrogens is 407 g/mol. The van der Waals surface area contributed by atoms with E-state index in [0.717, 1.165) is 31.2 Å². The summed E-state index contributed by atoms with van der Waals surface area (Å²) >= 11 is 0. The standard InChI is InChI=1S/C26H31O4P/c27-31(30-23-20-26-16-8-3-9-17-26,28-21-10-18-24-12-4-1-5-13-24)29-22-11-19-25-14-6-2-7-15-25/h1-9,12-17H,10-11,18-23H2. The van der Waals surface area contributed by atoms with Crippen molar-refractivity contribution < 1.29 is 18.1 Å². The van der Waals surface area contributed by atoms with E-state index in [9.17, 15) is 4.57 Å². The van der Waals surface area contributed by atoms with Crippen molar-refractivity contribution in [2.75, 3.05) is 19.8 Å². The molecule has 0 aromatic heterocycles. The summed E-state index contributed by atoms with van der Waals surface area (Å²) in [6.45, 7) is 0.949. The van der Waals surface area contributed by atoms with Crippen molar-refractivity contribution in [3.63, 3.8) is 0 Å². The van der Waals surface area contributed by atoms with Gasteiger partial charge in [-0.15, -0.1) is 0 Å². The van der Waals surface area contributed by atoms with E-state index in [0.29, 0.717) is 26.2 Å². The van der Waals surface area contributed by atoms with Gasteiger partial charge < -0.3 is 0 Å². The second-order valence-corrected chi connectivity index (χ2v) is 9.03. The fraction of sp³-hybridized carbons (Fsp3) is 0.308. The van der Waals surface area contributed by atoms with Crippen molar-refractivity contribution in [1.82, 2.24) is 0 Å². The van der Waals surface area contributed by atoms with Gasteiger partial charge in [-0.2, -0.15) is 0 Å². The largest absolute Gasteiger partial charge is 0.474 e. The van der Waals surface area contributed by atoms with Gasteiger partial charge >= 0.3 is 7.82 Å². The average Bonchev–Trinajstić information content (AvgIpc) is 2.82. The second-order valence-electron chi connectivity index (χ2n) is 7.36. The van der Waals surface area contributed by atoms with Crippen LogP contribution in [0.1, 0.15) is 29.5 Å². The number of benzene rings is 3. The highest BCUT2D eigenvalue weighted by Gasteiger charge is 2.26. The fourth-order valence-electron chi connectivity index (χ4n) is 3.23. The molecule has 3 aromatic carbocycles. The molecule has 0 N–H and O–H groups in total. The predicted molar refractivity (Wildman–Crippen MR) is 125 cm³/mol. The van der Waals surface area contributed by atoms with E-state index >= 15 is 0 Å². The molecule has 0 aliphatic rings. The Labute approximate surface area is 185 Å². The molecule has 5 heteroatoms. The van der Waals surface area contributed by atoms with Crippen LogP contribution in [0.15, 0.2) is 91.0 Å².